The van der Waals surface area contributed by atoms with E-state index in [4.69, 9.17) is 4.52 Å². The van der Waals surface area contributed by atoms with Gasteiger partial charge in [-0.3, -0.25) is 9.59 Å². The van der Waals surface area contributed by atoms with Crippen molar-refractivity contribution in [1.29, 1.82) is 0 Å². The molecule has 0 spiro atoms. The Balaban J connectivity index is 1.76. The molecule has 1 saturated carbocycles. The topological polar surface area (TPSA) is 83.6 Å². The third-order valence-corrected chi connectivity index (χ3v) is 4.30. The molecule has 0 bridgehead atoms. The molecule has 2 aliphatic rings. The van der Waals surface area contributed by atoms with Crippen LogP contribution in [0, 0.1) is 5.92 Å². The minimum atomic E-state index is -0.841. The highest BCUT2D eigenvalue weighted by molar-refractivity contribution is 5.92. The maximum atomic E-state index is 12.4. The van der Waals surface area contributed by atoms with E-state index >= 15 is 0 Å². The third-order valence-electron chi connectivity index (χ3n) is 4.30. The summed E-state index contributed by atoms with van der Waals surface area (Å²) in [7, 11) is 0. The van der Waals surface area contributed by atoms with E-state index in [1.807, 2.05) is 0 Å². The van der Waals surface area contributed by atoms with Crippen LogP contribution in [0.15, 0.2) is 10.6 Å². The van der Waals surface area contributed by atoms with Gasteiger partial charge in [-0.1, -0.05) is 5.16 Å². The number of aromatic nitrogens is 1. The molecule has 1 saturated heterocycles. The first-order chi connectivity index (χ1) is 9.58. The second-order valence-corrected chi connectivity index (χ2v) is 5.72. The Morgan fingerprint density at radius 3 is 2.80 bits per heavy atom. The molecule has 1 amide bonds. The third kappa shape index (κ3) is 2.30. The van der Waals surface area contributed by atoms with E-state index in [1.54, 1.807) is 17.9 Å². The number of hydrogen-bond acceptors (Lipinski definition) is 4. The Morgan fingerprint density at radius 2 is 2.15 bits per heavy atom. The molecule has 108 valence electrons. The number of piperidine rings is 1. The second kappa shape index (κ2) is 4.92. The number of nitrogens with zero attached hydrogens (tertiary/aromatic N) is 2. The molecule has 1 N–H and O–H groups in total. The van der Waals surface area contributed by atoms with Crippen molar-refractivity contribution in [3.8, 4) is 0 Å². The summed E-state index contributed by atoms with van der Waals surface area (Å²) in [5.74, 6) is -0.928. The van der Waals surface area contributed by atoms with Crippen molar-refractivity contribution in [2.75, 3.05) is 6.54 Å². The lowest BCUT2D eigenvalue weighted by molar-refractivity contribution is -0.145. The van der Waals surface area contributed by atoms with Crippen LogP contribution in [0.4, 0.5) is 0 Å². The average Bonchev–Trinajstić information content (AvgIpc) is 3.16. The van der Waals surface area contributed by atoms with Crippen molar-refractivity contribution in [3.63, 3.8) is 0 Å². The van der Waals surface area contributed by atoms with Crippen LogP contribution < -0.4 is 0 Å². The first-order valence-corrected chi connectivity index (χ1v) is 7.08. The van der Waals surface area contributed by atoms with Crippen LogP contribution >= 0.6 is 0 Å². The van der Waals surface area contributed by atoms with Crippen LogP contribution in [0.1, 0.15) is 54.8 Å². The monoisotopic (exact) mass is 278 g/mol. The molecule has 1 aliphatic heterocycles. The maximum Gasteiger partial charge on any atom is 0.308 e. The molecule has 2 atom stereocenters. The first kappa shape index (κ1) is 13.1. The standard InChI is InChI=1S/C14H18N2O4/c1-8-10(14(18)19)3-2-6-16(8)13(17)12-7-11(15-20-12)9-4-5-9/h7-10H,2-6H2,1H3,(H,18,19)/t8-,10-/m1/s1. The van der Waals surface area contributed by atoms with E-state index in [-0.39, 0.29) is 17.7 Å². The fraction of sp³-hybridized carbons (Fsp3) is 0.643. The summed E-state index contributed by atoms with van der Waals surface area (Å²) in [5, 5.41) is 13.1. The summed E-state index contributed by atoms with van der Waals surface area (Å²) >= 11 is 0. The van der Waals surface area contributed by atoms with Crippen molar-refractivity contribution < 1.29 is 19.2 Å². The summed E-state index contributed by atoms with van der Waals surface area (Å²) in [5.41, 5.74) is 0.841. The number of hydrogen-bond donors (Lipinski definition) is 1. The van der Waals surface area contributed by atoms with Crippen LogP contribution in [0.5, 0.6) is 0 Å². The fourth-order valence-electron chi connectivity index (χ4n) is 2.86. The molecular formula is C14H18N2O4. The van der Waals surface area contributed by atoms with E-state index in [0.717, 1.165) is 18.5 Å². The lowest BCUT2D eigenvalue weighted by Crippen LogP contribution is -2.49. The molecule has 3 rings (SSSR count). The van der Waals surface area contributed by atoms with Gasteiger partial charge in [0.05, 0.1) is 11.6 Å². The first-order valence-electron chi connectivity index (χ1n) is 7.08. The molecule has 2 fully saturated rings. The van der Waals surface area contributed by atoms with Gasteiger partial charge in [0.2, 0.25) is 5.76 Å². The number of carboxylic acid groups (broad SMARTS) is 1. The van der Waals surface area contributed by atoms with Gasteiger partial charge in [0.25, 0.3) is 5.91 Å². The second-order valence-electron chi connectivity index (χ2n) is 5.72. The predicted octanol–water partition coefficient (Wildman–Crippen LogP) is 1.88. The highest BCUT2D eigenvalue weighted by Gasteiger charge is 2.37. The molecule has 6 nitrogen and oxygen atoms in total. The number of amides is 1. The van der Waals surface area contributed by atoms with Crippen molar-refractivity contribution >= 4 is 11.9 Å². The van der Waals surface area contributed by atoms with Gasteiger partial charge in [-0.05, 0) is 32.6 Å². The zero-order valence-corrected chi connectivity index (χ0v) is 11.4. The largest absolute Gasteiger partial charge is 0.481 e. The lowest BCUT2D eigenvalue weighted by atomic mass is 9.90. The summed E-state index contributed by atoms with van der Waals surface area (Å²) in [6.07, 6.45) is 3.52. The number of carbonyl (C=O) groups excluding carboxylic acids is 1. The molecule has 6 heteroatoms. The molecular weight excluding hydrogens is 260 g/mol. The normalized spacial score (nSPS) is 26.6. The summed E-state index contributed by atoms with van der Waals surface area (Å²) in [6.45, 7) is 2.36. The van der Waals surface area contributed by atoms with Crippen molar-refractivity contribution in [3.05, 3.63) is 17.5 Å². The van der Waals surface area contributed by atoms with Crippen LogP contribution in [-0.4, -0.2) is 39.6 Å². The zero-order valence-electron chi connectivity index (χ0n) is 11.4. The zero-order chi connectivity index (χ0) is 14.3. The molecule has 1 aromatic heterocycles. The highest BCUT2D eigenvalue weighted by atomic mass is 16.5. The van der Waals surface area contributed by atoms with Crippen molar-refractivity contribution in [1.82, 2.24) is 10.1 Å². The fourth-order valence-corrected chi connectivity index (χ4v) is 2.86. The van der Waals surface area contributed by atoms with Gasteiger partial charge in [-0.2, -0.15) is 0 Å². The SMILES string of the molecule is C[C@@H]1[C@H](C(=O)O)CCCN1C(=O)c1cc(C2CC2)no1. The van der Waals surface area contributed by atoms with Gasteiger partial charge in [-0.15, -0.1) is 0 Å². The van der Waals surface area contributed by atoms with Gasteiger partial charge >= 0.3 is 5.97 Å². The smallest absolute Gasteiger partial charge is 0.308 e. The van der Waals surface area contributed by atoms with Crippen LogP contribution in [0.2, 0.25) is 0 Å². The molecule has 1 aromatic rings. The molecule has 1 aliphatic carbocycles. The molecule has 0 aromatic carbocycles. The van der Waals surface area contributed by atoms with E-state index in [0.29, 0.717) is 25.3 Å². The predicted molar refractivity (Wildman–Crippen MR) is 69.3 cm³/mol. The summed E-state index contributed by atoms with van der Waals surface area (Å²) in [6, 6.07) is 1.39. The van der Waals surface area contributed by atoms with Crippen LogP contribution in [-0.2, 0) is 4.79 Å². The number of carboxylic acids is 1. The quantitative estimate of drug-likeness (QED) is 0.912. The van der Waals surface area contributed by atoms with Gasteiger partial charge < -0.3 is 14.5 Å². The Labute approximate surface area is 116 Å². The number of aliphatic carboxylic acids is 1. The van der Waals surface area contributed by atoms with Gasteiger partial charge in [0.1, 0.15) is 0 Å². The Bertz CT molecular complexity index is 535. The summed E-state index contributed by atoms with van der Waals surface area (Å²) in [4.78, 5) is 25.2. The van der Waals surface area contributed by atoms with Crippen molar-refractivity contribution in [2.45, 2.75) is 44.6 Å². The minimum Gasteiger partial charge on any atom is -0.481 e. The molecule has 0 radical (unpaired) electrons. The molecule has 2 heterocycles. The Morgan fingerprint density at radius 1 is 1.40 bits per heavy atom. The van der Waals surface area contributed by atoms with E-state index in [1.165, 1.54) is 0 Å². The van der Waals surface area contributed by atoms with E-state index in [2.05, 4.69) is 5.16 Å². The average molecular weight is 278 g/mol. The van der Waals surface area contributed by atoms with Gasteiger partial charge in [0, 0.05) is 24.6 Å². The Hall–Kier alpha value is -1.85. The number of carbonyl (C=O) groups is 2. The number of rotatable bonds is 3. The molecule has 20 heavy (non-hydrogen) atoms. The van der Waals surface area contributed by atoms with Crippen molar-refractivity contribution in [2.24, 2.45) is 5.92 Å². The van der Waals surface area contributed by atoms with Crippen LogP contribution in [0.25, 0.3) is 0 Å². The summed E-state index contributed by atoms with van der Waals surface area (Å²) < 4.78 is 5.14. The molecule has 0 unspecified atom stereocenters. The van der Waals surface area contributed by atoms with E-state index in [9.17, 15) is 14.7 Å². The maximum absolute atomic E-state index is 12.4. The van der Waals surface area contributed by atoms with E-state index < -0.39 is 11.9 Å². The highest BCUT2D eigenvalue weighted by Crippen LogP contribution is 2.39. The van der Waals surface area contributed by atoms with Gasteiger partial charge in [-0.25, -0.2) is 0 Å². The lowest BCUT2D eigenvalue weighted by Gasteiger charge is -2.36. The van der Waals surface area contributed by atoms with Gasteiger partial charge in [0.15, 0.2) is 0 Å². The minimum absolute atomic E-state index is 0.227. The Kier molecular flexibility index (Phi) is 3.23. The van der Waals surface area contributed by atoms with Crippen LogP contribution in [0.3, 0.4) is 0 Å². The number of likely N-dealkylation sites (tertiary alicyclic amines) is 1.